The summed E-state index contributed by atoms with van der Waals surface area (Å²) in [5.41, 5.74) is 1.58. The van der Waals surface area contributed by atoms with Crippen molar-refractivity contribution in [3.8, 4) is 10.6 Å². The maximum Gasteiger partial charge on any atom is 0.351 e. The Bertz CT molecular complexity index is 723. The first-order valence-electron chi connectivity index (χ1n) is 7.59. The van der Waals surface area contributed by atoms with E-state index in [0.717, 1.165) is 23.4 Å². The molecule has 1 aromatic heterocycles. The lowest BCUT2D eigenvalue weighted by atomic mass is 10.2. The number of aromatic nitrogens is 1. The predicted molar refractivity (Wildman–Crippen MR) is 88.3 cm³/mol. The second kappa shape index (κ2) is 6.50. The second-order valence-corrected chi connectivity index (χ2v) is 6.63. The van der Waals surface area contributed by atoms with Crippen LogP contribution >= 0.6 is 11.3 Å². The fraction of sp³-hybridized carbons (Fsp3) is 0.353. The van der Waals surface area contributed by atoms with Crippen LogP contribution in [0, 0.1) is 6.92 Å². The first kappa shape index (κ1) is 15.7. The highest BCUT2D eigenvalue weighted by Gasteiger charge is 2.28. The molecule has 2 aromatic rings. The molecule has 0 saturated heterocycles. The van der Waals surface area contributed by atoms with Crippen molar-refractivity contribution in [2.24, 2.45) is 0 Å². The molecule has 0 aliphatic heterocycles. The molecule has 6 heteroatoms. The second-order valence-electron chi connectivity index (χ2n) is 5.63. The quantitative estimate of drug-likeness (QED) is 0.856. The Morgan fingerprint density at radius 3 is 2.65 bits per heavy atom. The van der Waals surface area contributed by atoms with Gasteiger partial charge in [0.05, 0.1) is 5.69 Å². The number of carbonyl (C=O) groups is 2. The number of benzene rings is 1. The van der Waals surface area contributed by atoms with Crippen LogP contribution in [0.1, 0.15) is 35.1 Å². The van der Waals surface area contributed by atoms with Gasteiger partial charge in [-0.1, -0.05) is 30.3 Å². The van der Waals surface area contributed by atoms with Crippen molar-refractivity contribution in [3.05, 3.63) is 40.9 Å². The highest BCUT2D eigenvalue weighted by Crippen LogP contribution is 2.28. The molecule has 0 unspecified atom stereocenters. The largest absolute Gasteiger partial charge is 0.448 e. The number of rotatable bonds is 5. The number of amides is 1. The maximum atomic E-state index is 12.3. The third-order valence-corrected chi connectivity index (χ3v) is 4.77. The fourth-order valence-electron chi connectivity index (χ4n) is 2.10. The van der Waals surface area contributed by atoms with Crippen molar-refractivity contribution >= 4 is 23.2 Å². The van der Waals surface area contributed by atoms with Gasteiger partial charge in [-0.25, -0.2) is 9.78 Å². The van der Waals surface area contributed by atoms with Crippen LogP contribution in [0.3, 0.4) is 0 Å². The molecule has 0 radical (unpaired) electrons. The Morgan fingerprint density at radius 1 is 1.30 bits per heavy atom. The van der Waals surface area contributed by atoms with Crippen LogP contribution in [0.25, 0.3) is 10.6 Å². The van der Waals surface area contributed by atoms with Gasteiger partial charge in [0.2, 0.25) is 0 Å². The Balaban J connectivity index is 1.69. The fourth-order valence-corrected chi connectivity index (χ4v) is 3.06. The number of carbonyl (C=O) groups excluding carboxylic acids is 2. The van der Waals surface area contributed by atoms with Crippen molar-refractivity contribution in [2.75, 3.05) is 0 Å². The summed E-state index contributed by atoms with van der Waals surface area (Å²) in [5, 5.41) is 3.60. The van der Waals surface area contributed by atoms with Gasteiger partial charge in [0.1, 0.15) is 9.88 Å². The van der Waals surface area contributed by atoms with E-state index in [0.29, 0.717) is 10.6 Å². The van der Waals surface area contributed by atoms with Crippen molar-refractivity contribution < 1.29 is 14.3 Å². The van der Waals surface area contributed by atoms with Crippen LogP contribution in [0.4, 0.5) is 0 Å². The number of ether oxygens (including phenoxy) is 1. The molecule has 1 fully saturated rings. The molecule has 1 aliphatic carbocycles. The number of hydrogen-bond acceptors (Lipinski definition) is 5. The molecule has 1 heterocycles. The van der Waals surface area contributed by atoms with Gasteiger partial charge in [-0.3, -0.25) is 4.79 Å². The molecule has 1 saturated carbocycles. The number of nitrogens with zero attached hydrogens (tertiary/aromatic N) is 1. The molecule has 5 nitrogen and oxygen atoms in total. The minimum atomic E-state index is -0.801. The Morgan fingerprint density at radius 2 is 2.00 bits per heavy atom. The zero-order chi connectivity index (χ0) is 16.4. The molecule has 1 aromatic carbocycles. The Kier molecular flexibility index (Phi) is 4.43. The number of hydrogen-bond donors (Lipinski definition) is 1. The topological polar surface area (TPSA) is 68.3 Å². The molecule has 23 heavy (non-hydrogen) atoms. The molecule has 0 spiro atoms. The van der Waals surface area contributed by atoms with Crippen LogP contribution in [0.15, 0.2) is 30.3 Å². The zero-order valence-corrected chi connectivity index (χ0v) is 13.9. The van der Waals surface area contributed by atoms with Gasteiger partial charge < -0.3 is 10.1 Å². The van der Waals surface area contributed by atoms with Crippen molar-refractivity contribution in [1.29, 1.82) is 0 Å². The summed E-state index contributed by atoms with van der Waals surface area (Å²) in [6.45, 7) is 3.36. The number of nitrogens with one attached hydrogen (secondary N) is 1. The third-order valence-electron chi connectivity index (χ3n) is 3.58. The van der Waals surface area contributed by atoms with E-state index in [2.05, 4.69) is 10.3 Å². The minimum absolute atomic E-state index is 0.244. The molecule has 1 N–H and O–H groups in total. The van der Waals surface area contributed by atoms with Gasteiger partial charge in [0.25, 0.3) is 5.91 Å². The monoisotopic (exact) mass is 330 g/mol. The number of esters is 1. The summed E-state index contributed by atoms with van der Waals surface area (Å²) < 4.78 is 5.28. The third kappa shape index (κ3) is 3.76. The smallest absolute Gasteiger partial charge is 0.351 e. The summed E-state index contributed by atoms with van der Waals surface area (Å²) in [5.74, 6) is -0.744. The van der Waals surface area contributed by atoms with Crippen molar-refractivity contribution in [2.45, 2.75) is 38.8 Å². The summed E-state index contributed by atoms with van der Waals surface area (Å²) in [7, 11) is 0. The highest BCUT2D eigenvalue weighted by atomic mass is 32.1. The number of thiazole rings is 1. The van der Waals surface area contributed by atoms with E-state index in [1.54, 1.807) is 13.8 Å². The van der Waals surface area contributed by atoms with Crippen LogP contribution < -0.4 is 5.32 Å². The molecule has 0 bridgehead atoms. The van der Waals surface area contributed by atoms with E-state index in [1.807, 2.05) is 30.3 Å². The van der Waals surface area contributed by atoms with E-state index in [1.165, 1.54) is 11.3 Å². The first-order chi connectivity index (χ1) is 11.0. The summed E-state index contributed by atoms with van der Waals surface area (Å²) in [6.07, 6.45) is 1.20. The molecule has 120 valence electrons. The van der Waals surface area contributed by atoms with Gasteiger partial charge in [0.15, 0.2) is 6.10 Å². The number of aryl methyl sites for hydroxylation is 1. The van der Waals surface area contributed by atoms with E-state index in [4.69, 9.17) is 4.74 Å². The molecular weight excluding hydrogens is 312 g/mol. The average Bonchev–Trinajstić information content (AvgIpc) is 3.27. The first-order valence-corrected chi connectivity index (χ1v) is 8.40. The Hall–Kier alpha value is -2.21. The summed E-state index contributed by atoms with van der Waals surface area (Å²) in [4.78, 5) is 29.0. The van der Waals surface area contributed by atoms with Crippen molar-refractivity contribution in [3.63, 3.8) is 0 Å². The molecule has 1 amide bonds. The van der Waals surface area contributed by atoms with Crippen LogP contribution in [0.5, 0.6) is 0 Å². The van der Waals surface area contributed by atoms with E-state index >= 15 is 0 Å². The summed E-state index contributed by atoms with van der Waals surface area (Å²) >= 11 is 1.28. The van der Waals surface area contributed by atoms with Gasteiger partial charge in [-0.05, 0) is 26.7 Å². The molecule has 1 aliphatic rings. The van der Waals surface area contributed by atoms with E-state index < -0.39 is 12.1 Å². The normalized spacial score (nSPS) is 15.0. The summed E-state index contributed by atoms with van der Waals surface area (Å²) in [6, 6.07) is 9.92. The van der Waals surface area contributed by atoms with Gasteiger partial charge >= 0.3 is 5.97 Å². The minimum Gasteiger partial charge on any atom is -0.448 e. The molecule has 3 rings (SSSR count). The lowest BCUT2D eigenvalue weighted by Crippen LogP contribution is -2.37. The lowest BCUT2D eigenvalue weighted by Gasteiger charge is -2.12. The maximum absolute atomic E-state index is 12.3. The van der Waals surface area contributed by atoms with Crippen LogP contribution in [0.2, 0.25) is 0 Å². The van der Waals surface area contributed by atoms with Crippen molar-refractivity contribution in [1.82, 2.24) is 10.3 Å². The molecular formula is C17H18N2O3S. The van der Waals surface area contributed by atoms with Gasteiger partial charge in [-0.15, -0.1) is 11.3 Å². The van der Waals surface area contributed by atoms with Crippen LogP contribution in [-0.4, -0.2) is 29.0 Å². The highest BCUT2D eigenvalue weighted by molar-refractivity contribution is 7.17. The van der Waals surface area contributed by atoms with Gasteiger partial charge in [0, 0.05) is 11.6 Å². The van der Waals surface area contributed by atoms with E-state index in [-0.39, 0.29) is 11.9 Å². The predicted octanol–water partition coefficient (Wildman–Crippen LogP) is 2.94. The molecule has 1 atom stereocenters. The van der Waals surface area contributed by atoms with E-state index in [9.17, 15) is 9.59 Å². The Labute approximate surface area is 138 Å². The van der Waals surface area contributed by atoms with Crippen LogP contribution in [-0.2, 0) is 9.53 Å². The zero-order valence-electron chi connectivity index (χ0n) is 13.0. The average molecular weight is 330 g/mol. The standard InChI is InChI=1S/C17H18N2O3S/c1-10-14(23-16(18-10)12-6-4-3-5-7-12)17(21)22-11(2)15(20)19-13-8-9-13/h3-7,11,13H,8-9H2,1-2H3,(H,19,20)/t11-/m0/s1. The van der Waals surface area contributed by atoms with Gasteiger partial charge in [-0.2, -0.15) is 0 Å². The lowest BCUT2D eigenvalue weighted by molar-refractivity contribution is -0.129. The SMILES string of the molecule is Cc1nc(-c2ccccc2)sc1C(=O)O[C@@H](C)C(=O)NC1CC1.